The van der Waals surface area contributed by atoms with Crippen molar-refractivity contribution in [3.63, 3.8) is 0 Å². The second-order valence-corrected chi connectivity index (χ2v) is 14.0. The Morgan fingerprint density at radius 2 is 1.63 bits per heavy atom. The molecular formula is C24H41NOSi. The fraction of sp³-hybridized carbons (Fsp3) is 0.625. The van der Waals surface area contributed by atoms with Crippen LogP contribution < -0.4 is 0 Å². The second kappa shape index (κ2) is 12.2. The van der Waals surface area contributed by atoms with Crippen LogP contribution in [0.3, 0.4) is 0 Å². The van der Waals surface area contributed by atoms with E-state index in [-0.39, 0.29) is 5.91 Å². The lowest BCUT2D eigenvalue weighted by Gasteiger charge is -2.28. The molecule has 0 N–H and O–H groups in total. The average molecular weight is 388 g/mol. The lowest BCUT2D eigenvalue weighted by atomic mass is 10.00. The van der Waals surface area contributed by atoms with Gasteiger partial charge >= 0.3 is 0 Å². The number of allylic oxidation sites excluding steroid dienone is 1. The average Bonchev–Trinajstić information content (AvgIpc) is 2.63. The fourth-order valence-electron chi connectivity index (χ4n) is 3.63. The van der Waals surface area contributed by atoms with Gasteiger partial charge in [-0.3, -0.25) is 4.79 Å². The van der Waals surface area contributed by atoms with Gasteiger partial charge in [0.25, 0.3) is 0 Å². The largest absolute Gasteiger partial charge is 0.343 e. The van der Waals surface area contributed by atoms with Crippen LogP contribution in [0.5, 0.6) is 0 Å². The third-order valence-electron chi connectivity index (χ3n) is 5.34. The molecule has 0 heterocycles. The maximum atomic E-state index is 12.8. The van der Waals surface area contributed by atoms with Gasteiger partial charge in [0.2, 0.25) is 5.91 Å². The lowest BCUT2D eigenvalue weighted by Crippen LogP contribution is -2.32. The molecule has 0 aliphatic heterocycles. The van der Waals surface area contributed by atoms with Crippen molar-refractivity contribution >= 4 is 14.0 Å². The molecule has 0 saturated heterocycles. The molecule has 152 valence electrons. The van der Waals surface area contributed by atoms with E-state index in [0.29, 0.717) is 12.0 Å². The number of benzene rings is 1. The Hall–Kier alpha value is -1.35. The summed E-state index contributed by atoms with van der Waals surface area (Å²) < 4.78 is 0. The summed E-state index contributed by atoms with van der Waals surface area (Å²) in [6.45, 7) is 15.3. The number of carbonyl (C=O) groups excluding carboxylic acids is 1. The molecule has 0 aliphatic carbocycles. The van der Waals surface area contributed by atoms with E-state index in [1.165, 1.54) is 36.8 Å². The van der Waals surface area contributed by atoms with Gasteiger partial charge in [0.05, 0.1) is 8.07 Å². The van der Waals surface area contributed by atoms with Crippen molar-refractivity contribution in [3.8, 4) is 0 Å². The number of nitrogens with zero attached hydrogens (tertiary/aromatic N) is 1. The topological polar surface area (TPSA) is 20.3 Å². The summed E-state index contributed by atoms with van der Waals surface area (Å²) in [5.41, 5.74) is 3.21. The van der Waals surface area contributed by atoms with E-state index in [0.717, 1.165) is 19.5 Å². The first-order chi connectivity index (χ1) is 12.8. The predicted molar refractivity (Wildman–Crippen MR) is 122 cm³/mol. The smallest absolute Gasteiger partial charge is 0.226 e. The Kier molecular flexibility index (Phi) is 10.7. The van der Waals surface area contributed by atoms with Crippen LogP contribution in [0.1, 0.15) is 70.4 Å². The highest BCUT2D eigenvalue weighted by Gasteiger charge is 2.27. The van der Waals surface area contributed by atoms with E-state index in [1.54, 1.807) is 0 Å². The Labute approximate surface area is 169 Å². The Balaban J connectivity index is 3.09. The van der Waals surface area contributed by atoms with Crippen LogP contribution in [0.15, 0.2) is 42.0 Å². The zero-order valence-electron chi connectivity index (χ0n) is 18.6. The van der Waals surface area contributed by atoms with Crippen LogP contribution in [0, 0.1) is 0 Å². The van der Waals surface area contributed by atoms with Gasteiger partial charge < -0.3 is 4.90 Å². The van der Waals surface area contributed by atoms with Crippen molar-refractivity contribution < 1.29 is 4.79 Å². The van der Waals surface area contributed by atoms with Gasteiger partial charge in [-0.2, -0.15) is 0 Å². The maximum Gasteiger partial charge on any atom is 0.226 e. The molecule has 0 aliphatic rings. The number of unbranched alkanes of at least 4 members (excludes halogenated alkanes) is 3. The van der Waals surface area contributed by atoms with Gasteiger partial charge in [-0.1, -0.05) is 87.8 Å². The highest BCUT2D eigenvalue weighted by molar-refractivity contribution is 6.78. The molecule has 0 bridgehead atoms. The molecule has 2 nitrogen and oxygen atoms in total. The molecule has 1 rings (SSSR count). The van der Waals surface area contributed by atoms with Crippen molar-refractivity contribution in [1.29, 1.82) is 0 Å². The van der Waals surface area contributed by atoms with Crippen LogP contribution in [0.2, 0.25) is 19.6 Å². The van der Waals surface area contributed by atoms with E-state index in [2.05, 4.69) is 76.8 Å². The number of amides is 1. The van der Waals surface area contributed by atoms with E-state index in [1.807, 2.05) is 4.90 Å². The lowest BCUT2D eigenvalue weighted by molar-refractivity contribution is -0.130. The molecule has 0 saturated carbocycles. The van der Waals surface area contributed by atoms with Crippen LogP contribution in [-0.2, 0) is 4.79 Å². The van der Waals surface area contributed by atoms with Crippen molar-refractivity contribution in [1.82, 2.24) is 4.90 Å². The van der Waals surface area contributed by atoms with E-state index < -0.39 is 8.07 Å². The van der Waals surface area contributed by atoms with E-state index >= 15 is 0 Å². The first kappa shape index (κ1) is 23.7. The quantitative estimate of drug-likeness (QED) is 0.219. The van der Waals surface area contributed by atoms with E-state index in [4.69, 9.17) is 0 Å². The molecule has 1 aromatic rings. The summed E-state index contributed by atoms with van der Waals surface area (Å²) in [6.07, 6.45) is 9.10. The normalized spacial score (nSPS) is 13.5. The zero-order chi connectivity index (χ0) is 20.3. The van der Waals surface area contributed by atoms with Crippen LogP contribution in [0.25, 0.3) is 0 Å². The van der Waals surface area contributed by atoms with Gasteiger partial charge in [-0.25, -0.2) is 0 Å². The maximum absolute atomic E-state index is 12.8. The molecule has 0 spiro atoms. The number of rotatable bonds is 12. The van der Waals surface area contributed by atoms with Crippen molar-refractivity contribution in [3.05, 3.63) is 47.5 Å². The zero-order valence-corrected chi connectivity index (χ0v) is 19.6. The van der Waals surface area contributed by atoms with Crippen LogP contribution >= 0.6 is 0 Å². The van der Waals surface area contributed by atoms with Crippen LogP contribution in [-0.4, -0.2) is 32.0 Å². The third kappa shape index (κ3) is 8.46. The second-order valence-electron chi connectivity index (χ2n) is 8.63. The minimum absolute atomic E-state index is 0.282. The minimum Gasteiger partial charge on any atom is -0.343 e. The van der Waals surface area contributed by atoms with Gasteiger partial charge in [-0.05, 0) is 37.8 Å². The van der Waals surface area contributed by atoms with Gasteiger partial charge in [-0.15, -0.1) is 0 Å². The van der Waals surface area contributed by atoms with Crippen molar-refractivity contribution in [2.24, 2.45) is 0 Å². The Morgan fingerprint density at radius 1 is 1.00 bits per heavy atom. The first-order valence-electron chi connectivity index (χ1n) is 10.9. The summed E-state index contributed by atoms with van der Waals surface area (Å²) in [6, 6.07) is 10.9. The molecule has 1 unspecified atom stereocenters. The monoisotopic (exact) mass is 387 g/mol. The first-order valence-corrected chi connectivity index (χ1v) is 14.4. The molecule has 1 aromatic carbocycles. The molecule has 3 heteroatoms. The highest BCUT2D eigenvalue weighted by Crippen LogP contribution is 2.31. The predicted octanol–water partition coefficient (Wildman–Crippen LogP) is 6.80. The summed E-state index contributed by atoms with van der Waals surface area (Å²) in [5.74, 6) is 0.282. The molecule has 27 heavy (non-hydrogen) atoms. The number of carbonyl (C=O) groups is 1. The number of hydrogen-bond donors (Lipinski definition) is 0. The fourth-order valence-corrected chi connectivity index (χ4v) is 5.56. The molecule has 0 fully saturated rings. The van der Waals surface area contributed by atoms with Crippen LogP contribution in [0.4, 0.5) is 0 Å². The Morgan fingerprint density at radius 3 is 2.15 bits per heavy atom. The molecular weight excluding hydrogens is 346 g/mol. The number of hydrogen-bond acceptors (Lipinski definition) is 1. The van der Waals surface area contributed by atoms with Gasteiger partial charge in [0.1, 0.15) is 0 Å². The third-order valence-corrected chi connectivity index (χ3v) is 7.71. The summed E-state index contributed by atoms with van der Waals surface area (Å²) >= 11 is 0. The summed E-state index contributed by atoms with van der Waals surface area (Å²) in [5, 5.41) is 0. The van der Waals surface area contributed by atoms with Gasteiger partial charge in [0.15, 0.2) is 0 Å². The standard InChI is InChI=1S/C24H41NOSi/c1-7-10-11-13-16-21(20-24(26)25(8-2)9-3)19-23(27(4,5)6)22-17-14-12-15-18-22/h12,14-15,17-19,23H,7-11,13,16,20H2,1-6H3. The molecule has 1 amide bonds. The SMILES string of the molecule is CCCCCCC(=CC(c1ccccc1)[Si](C)(C)C)CC(=O)N(CC)CC. The molecule has 1 atom stereocenters. The molecule has 0 aromatic heterocycles. The minimum atomic E-state index is -1.44. The highest BCUT2D eigenvalue weighted by atomic mass is 28.3. The molecule has 0 radical (unpaired) electrons. The van der Waals surface area contributed by atoms with Crippen molar-refractivity contribution in [2.75, 3.05) is 13.1 Å². The van der Waals surface area contributed by atoms with E-state index in [9.17, 15) is 4.79 Å². The summed E-state index contributed by atoms with van der Waals surface area (Å²) in [7, 11) is -1.44. The van der Waals surface area contributed by atoms with Crippen molar-refractivity contribution in [2.45, 2.75) is 84.5 Å². The van der Waals surface area contributed by atoms with Gasteiger partial charge in [0, 0.05) is 19.5 Å². The summed E-state index contributed by atoms with van der Waals surface area (Å²) in [4.78, 5) is 14.7. The Bertz CT molecular complexity index is 570.